The second kappa shape index (κ2) is 7.83. The van der Waals surface area contributed by atoms with Gasteiger partial charge in [0.15, 0.2) is 0 Å². The van der Waals surface area contributed by atoms with Crippen molar-refractivity contribution >= 4 is 27.5 Å². The molecule has 1 aromatic carbocycles. The highest BCUT2D eigenvalue weighted by molar-refractivity contribution is 7.89. The standard InChI is InChI=1S/C16H19ClN2O4S/c1-11(2)15(16(20)18-10-13-6-4-8-23-13)19-24(21,22)14-7-3-5-12(17)9-14/h3-9,11,15,19H,10H2,1-2H3,(H,18,20)/t15-/m0/s1. The average molecular weight is 371 g/mol. The molecule has 6 nitrogen and oxygen atoms in total. The molecule has 1 heterocycles. The van der Waals surface area contributed by atoms with Gasteiger partial charge in [0.1, 0.15) is 11.8 Å². The SMILES string of the molecule is CC(C)[C@H](NS(=O)(=O)c1cccc(Cl)c1)C(=O)NCc1ccco1. The molecule has 0 radical (unpaired) electrons. The molecule has 0 fully saturated rings. The lowest BCUT2D eigenvalue weighted by Crippen LogP contribution is -2.49. The van der Waals surface area contributed by atoms with Crippen LogP contribution in [0.25, 0.3) is 0 Å². The molecule has 8 heteroatoms. The summed E-state index contributed by atoms with van der Waals surface area (Å²) < 4.78 is 32.5. The van der Waals surface area contributed by atoms with Crippen molar-refractivity contribution in [3.05, 3.63) is 53.4 Å². The lowest BCUT2D eigenvalue weighted by atomic mass is 10.1. The number of furan rings is 1. The molecule has 130 valence electrons. The minimum absolute atomic E-state index is 0.0134. The molecule has 0 saturated carbocycles. The van der Waals surface area contributed by atoms with Gasteiger partial charge in [-0.15, -0.1) is 0 Å². The average Bonchev–Trinajstić information content (AvgIpc) is 3.03. The zero-order valence-electron chi connectivity index (χ0n) is 13.3. The maximum Gasteiger partial charge on any atom is 0.241 e. The fourth-order valence-corrected chi connectivity index (χ4v) is 3.70. The molecule has 2 aromatic rings. The van der Waals surface area contributed by atoms with E-state index in [0.717, 1.165) is 0 Å². The molecular formula is C16H19ClN2O4S. The van der Waals surface area contributed by atoms with Gasteiger partial charge in [-0.05, 0) is 36.2 Å². The van der Waals surface area contributed by atoms with Gasteiger partial charge in [0, 0.05) is 5.02 Å². The summed E-state index contributed by atoms with van der Waals surface area (Å²) in [4.78, 5) is 12.4. The number of hydrogen-bond acceptors (Lipinski definition) is 4. The van der Waals surface area contributed by atoms with Crippen LogP contribution in [-0.4, -0.2) is 20.4 Å². The van der Waals surface area contributed by atoms with Crippen molar-refractivity contribution in [1.29, 1.82) is 0 Å². The third-order valence-electron chi connectivity index (χ3n) is 3.35. The Kier molecular flexibility index (Phi) is 6.04. The normalized spacial score (nSPS) is 13.0. The highest BCUT2D eigenvalue weighted by atomic mass is 35.5. The van der Waals surface area contributed by atoms with E-state index in [2.05, 4.69) is 10.0 Å². The predicted molar refractivity (Wildman–Crippen MR) is 91.0 cm³/mol. The highest BCUT2D eigenvalue weighted by Crippen LogP contribution is 2.17. The Morgan fingerprint density at radius 2 is 2.00 bits per heavy atom. The van der Waals surface area contributed by atoms with Crippen molar-refractivity contribution in [2.45, 2.75) is 31.3 Å². The highest BCUT2D eigenvalue weighted by Gasteiger charge is 2.28. The Morgan fingerprint density at radius 1 is 1.25 bits per heavy atom. The van der Waals surface area contributed by atoms with Crippen LogP contribution in [0.4, 0.5) is 0 Å². The van der Waals surface area contributed by atoms with Crippen LogP contribution in [0.2, 0.25) is 5.02 Å². The van der Waals surface area contributed by atoms with Crippen molar-refractivity contribution in [2.24, 2.45) is 5.92 Å². The topological polar surface area (TPSA) is 88.4 Å². The van der Waals surface area contributed by atoms with Crippen LogP contribution in [-0.2, 0) is 21.4 Å². The molecule has 0 spiro atoms. The van der Waals surface area contributed by atoms with E-state index in [4.69, 9.17) is 16.0 Å². The number of halogens is 1. The summed E-state index contributed by atoms with van der Waals surface area (Å²) in [5, 5.41) is 2.97. The molecule has 0 saturated heterocycles. The molecule has 0 unspecified atom stereocenters. The van der Waals surface area contributed by atoms with Crippen LogP contribution in [0, 0.1) is 5.92 Å². The van der Waals surface area contributed by atoms with Gasteiger partial charge in [-0.1, -0.05) is 31.5 Å². The van der Waals surface area contributed by atoms with Crippen molar-refractivity contribution in [3.63, 3.8) is 0 Å². The summed E-state index contributed by atoms with van der Waals surface area (Å²) in [6.45, 7) is 3.71. The summed E-state index contributed by atoms with van der Waals surface area (Å²) in [5.41, 5.74) is 0. The number of hydrogen-bond donors (Lipinski definition) is 2. The smallest absolute Gasteiger partial charge is 0.241 e. The number of rotatable bonds is 7. The van der Waals surface area contributed by atoms with Gasteiger partial charge < -0.3 is 9.73 Å². The van der Waals surface area contributed by atoms with Gasteiger partial charge in [-0.3, -0.25) is 4.79 Å². The van der Waals surface area contributed by atoms with E-state index in [9.17, 15) is 13.2 Å². The van der Waals surface area contributed by atoms with Gasteiger partial charge in [0.25, 0.3) is 0 Å². The summed E-state index contributed by atoms with van der Waals surface area (Å²) in [7, 11) is -3.86. The summed E-state index contributed by atoms with van der Waals surface area (Å²) >= 11 is 5.84. The lowest BCUT2D eigenvalue weighted by molar-refractivity contribution is -0.123. The second-order valence-corrected chi connectivity index (χ2v) is 7.75. The number of sulfonamides is 1. The van der Waals surface area contributed by atoms with Gasteiger partial charge in [-0.25, -0.2) is 8.42 Å². The molecule has 24 heavy (non-hydrogen) atoms. The fourth-order valence-electron chi connectivity index (χ4n) is 2.06. The third-order valence-corrected chi connectivity index (χ3v) is 5.03. The number of benzene rings is 1. The Bertz CT molecular complexity index is 788. The monoisotopic (exact) mass is 370 g/mol. The first-order chi connectivity index (χ1) is 11.3. The molecule has 0 aliphatic rings. The Hall–Kier alpha value is -1.83. The zero-order chi connectivity index (χ0) is 17.7. The van der Waals surface area contributed by atoms with E-state index in [1.165, 1.54) is 24.5 Å². The zero-order valence-corrected chi connectivity index (χ0v) is 14.9. The van der Waals surface area contributed by atoms with Crippen LogP contribution >= 0.6 is 11.6 Å². The molecule has 1 atom stereocenters. The number of carbonyl (C=O) groups is 1. The van der Waals surface area contributed by atoms with Crippen LogP contribution in [0.1, 0.15) is 19.6 Å². The summed E-state index contributed by atoms with van der Waals surface area (Å²) in [6.07, 6.45) is 1.50. The minimum Gasteiger partial charge on any atom is -0.467 e. The molecule has 1 amide bonds. The molecule has 1 aromatic heterocycles. The molecule has 0 aliphatic carbocycles. The summed E-state index contributed by atoms with van der Waals surface area (Å²) in [5.74, 6) is -0.0777. The minimum atomic E-state index is -3.86. The van der Waals surface area contributed by atoms with Crippen LogP contribution < -0.4 is 10.0 Å². The van der Waals surface area contributed by atoms with E-state index in [1.54, 1.807) is 32.0 Å². The van der Waals surface area contributed by atoms with Gasteiger partial charge in [-0.2, -0.15) is 4.72 Å². The maximum atomic E-state index is 12.5. The Labute approximate surface area is 146 Å². The van der Waals surface area contributed by atoms with Crippen molar-refractivity contribution < 1.29 is 17.6 Å². The first-order valence-electron chi connectivity index (χ1n) is 7.37. The van der Waals surface area contributed by atoms with Gasteiger partial charge in [0.05, 0.1) is 17.7 Å². The molecule has 0 bridgehead atoms. The Morgan fingerprint density at radius 3 is 2.58 bits per heavy atom. The lowest BCUT2D eigenvalue weighted by Gasteiger charge is -2.21. The second-order valence-electron chi connectivity index (χ2n) is 5.60. The van der Waals surface area contributed by atoms with Crippen LogP contribution in [0.15, 0.2) is 52.0 Å². The largest absolute Gasteiger partial charge is 0.467 e. The predicted octanol–water partition coefficient (Wildman–Crippen LogP) is 2.55. The number of amides is 1. The third kappa shape index (κ3) is 4.83. The Balaban J connectivity index is 2.11. The molecular weight excluding hydrogens is 352 g/mol. The van der Waals surface area contributed by atoms with Gasteiger partial charge >= 0.3 is 0 Å². The molecule has 0 aliphatic heterocycles. The van der Waals surface area contributed by atoms with Crippen LogP contribution in [0.5, 0.6) is 0 Å². The van der Waals surface area contributed by atoms with E-state index < -0.39 is 22.0 Å². The van der Waals surface area contributed by atoms with Crippen molar-refractivity contribution in [3.8, 4) is 0 Å². The van der Waals surface area contributed by atoms with E-state index in [0.29, 0.717) is 10.8 Å². The summed E-state index contributed by atoms with van der Waals surface area (Å²) in [6, 6.07) is 8.40. The first-order valence-corrected chi connectivity index (χ1v) is 9.23. The number of nitrogens with one attached hydrogen (secondary N) is 2. The maximum absolute atomic E-state index is 12.5. The first kappa shape index (κ1) is 18.5. The van der Waals surface area contributed by atoms with Gasteiger partial charge in [0.2, 0.25) is 15.9 Å². The van der Waals surface area contributed by atoms with E-state index in [-0.39, 0.29) is 17.4 Å². The van der Waals surface area contributed by atoms with E-state index >= 15 is 0 Å². The van der Waals surface area contributed by atoms with E-state index in [1.807, 2.05) is 0 Å². The molecule has 2 N–H and O–H groups in total. The number of carbonyl (C=O) groups excluding carboxylic acids is 1. The fraction of sp³-hybridized carbons (Fsp3) is 0.312. The van der Waals surface area contributed by atoms with Crippen LogP contribution in [0.3, 0.4) is 0 Å². The van der Waals surface area contributed by atoms with Crippen molar-refractivity contribution in [1.82, 2.24) is 10.0 Å². The molecule has 2 rings (SSSR count). The van der Waals surface area contributed by atoms with Crippen molar-refractivity contribution in [2.75, 3.05) is 0 Å². The quantitative estimate of drug-likeness (QED) is 0.783.